The van der Waals surface area contributed by atoms with Crippen LogP contribution in [0.25, 0.3) is 21.2 Å². The number of hydrogen-bond donors (Lipinski definition) is 1. The Morgan fingerprint density at radius 3 is 2.65 bits per heavy atom. The minimum atomic E-state index is 0.762. The summed E-state index contributed by atoms with van der Waals surface area (Å²) in [6, 6.07) is 22.4. The number of methoxy groups -OCH3 is 1. The molecule has 0 aliphatic rings. The van der Waals surface area contributed by atoms with Gasteiger partial charge in [-0.25, -0.2) is 4.98 Å². The van der Waals surface area contributed by atoms with E-state index >= 15 is 0 Å². The van der Waals surface area contributed by atoms with Crippen molar-refractivity contribution in [2.24, 2.45) is 5.10 Å². The van der Waals surface area contributed by atoms with Gasteiger partial charge in [0.15, 0.2) is 0 Å². The Balaban J connectivity index is 1.51. The summed E-state index contributed by atoms with van der Waals surface area (Å²) in [5.74, 6) is 0.828. The van der Waals surface area contributed by atoms with Gasteiger partial charge >= 0.3 is 0 Å². The first-order valence-corrected chi connectivity index (χ1v) is 9.02. The smallest absolute Gasteiger partial charge is 0.203 e. The Morgan fingerprint density at radius 1 is 1.00 bits per heavy atom. The highest BCUT2D eigenvalue weighted by Gasteiger charge is 2.07. The third-order valence-corrected chi connectivity index (χ3v) is 4.99. The van der Waals surface area contributed by atoms with Crippen LogP contribution in [0.3, 0.4) is 0 Å². The first-order valence-electron chi connectivity index (χ1n) is 8.20. The van der Waals surface area contributed by atoms with E-state index in [9.17, 15) is 0 Å². The lowest BCUT2D eigenvalue weighted by molar-refractivity contribution is 0.415. The van der Waals surface area contributed by atoms with Crippen molar-refractivity contribution in [1.82, 2.24) is 4.98 Å². The highest BCUT2D eigenvalue weighted by atomic mass is 32.1. The lowest BCUT2D eigenvalue weighted by atomic mass is 10.0. The molecule has 4 aromatic rings. The molecule has 0 radical (unpaired) electrons. The average Bonchev–Trinajstić information content (AvgIpc) is 3.17. The van der Waals surface area contributed by atoms with E-state index in [2.05, 4.69) is 58.0 Å². The van der Waals surface area contributed by atoms with Crippen LogP contribution in [0.5, 0.6) is 5.75 Å². The number of hydrogen-bond acceptors (Lipinski definition) is 5. The highest BCUT2D eigenvalue weighted by Crippen LogP contribution is 2.34. The number of fused-ring (bicyclic) bond motifs is 1. The normalized spacial score (nSPS) is 11.1. The Hall–Kier alpha value is -3.18. The number of nitrogens with zero attached hydrogens (tertiary/aromatic N) is 2. The third kappa shape index (κ3) is 3.43. The van der Waals surface area contributed by atoms with Gasteiger partial charge in [0.1, 0.15) is 5.75 Å². The number of thiazole rings is 1. The van der Waals surface area contributed by atoms with Crippen molar-refractivity contribution in [3.63, 3.8) is 0 Å². The van der Waals surface area contributed by atoms with Crippen LogP contribution < -0.4 is 10.2 Å². The zero-order chi connectivity index (χ0) is 17.8. The number of ether oxygens (including phenoxy) is 1. The molecule has 0 aliphatic carbocycles. The van der Waals surface area contributed by atoms with Gasteiger partial charge in [-0.15, -0.1) is 0 Å². The van der Waals surface area contributed by atoms with Gasteiger partial charge in [0.25, 0.3) is 0 Å². The molecule has 4 rings (SSSR count). The topological polar surface area (TPSA) is 46.5 Å². The summed E-state index contributed by atoms with van der Waals surface area (Å²) in [6.45, 7) is 0. The van der Waals surface area contributed by atoms with E-state index in [4.69, 9.17) is 4.74 Å². The molecule has 1 N–H and O–H groups in total. The number of benzene rings is 3. The van der Waals surface area contributed by atoms with Crippen LogP contribution in [0.2, 0.25) is 0 Å². The van der Waals surface area contributed by atoms with Gasteiger partial charge in [0, 0.05) is 11.8 Å². The molecule has 1 heterocycles. The fourth-order valence-corrected chi connectivity index (χ4v) is 3.55. The molecule has 0 fully saturated rings. The van der Waals surface area contributed by atoms with Crippen molar-refractivity contribution in [3.05, 3.63) is 78.5 Å². The third-order valence-electron chi connectivity index (χ3n) is 4.05. The molecule has 0 bridgehead atoms. The molecule has 5 heteroatoms. The van der Waals surface area contributed by atoms with E-state index in [1.165, 1.54) is 16.3 Å². The highest BCUT2D eigenvalue weighted by molar-refractivity contribution is 7.19. The van der Waals surface area contributed by atoms with Crippen LogP contribution in [0.4, 0.5) is 5.13 Å². The lowest BCUT2D eigenvalue weighted by Crippen LogP contribution is -1.89. The minimum Gasteiger partial charge on any atom is -0.497 e. The fraction of sp³-hybridized carbons (Fsp3) is 0.0476. The van der Waals surface area contributed by atoms with Gasteiger partial charge < -0.3 is 4.74 Å². The summed E-state index contributed by atoms with van der Waals surface area (Å²) in [4.78, 5) is 5.55. The largest absolute Gasteiger partial charge is 0.497 e. The maximum absolute atomic E-state index is 5.15. The van der Waals surface area contributed by atoms with E-state index in [0.29, 0.717) is 0 Å². The molecular weight excluding hydrogens is 342 g/mol. The van der Waals surface area contributed by atoms with Crippen LogP contribution in [-0.4, -0.2) is 18.3 Å². The van der Waals surface area contributed by atoms with Crippen molar-refractivity contribution in [3.8, 4) is 16.2 Å². The van der Waals surface area contributed by atoms with E-state index in [1.54, 1.807) is 24.7 Å². The van der Waals surface area contributed by atoms with Crippen molar-refractivity contribution < 1.29 is 4.74 Å². The van der Waals surface area contributed by atoms with Crippen molar-refractivity contribution in [2.75, 3.05) is 12.5 Å². The number of anilines is 1. The Morgan fingerprint density at radius 2 is 1.81 bits per heavy atom. The zero-order valence-corrected chi connectivity index (χ0v) is 15.0. The average molecular weight is 359 g/mol. The minimum absolute atomic E-state index is 0.762. The molecule has 0 spiro atoms. The molecule has 0 amide bonds. The van der Waals surface area contributed by atoms with Gasteiger partial charge in [-0.3, -0.25) is 5.43 Å². The SMILES string of the molecule is COc1ccc(/C=N/Nc2ncc(-c3cccc4ccccc34)s2)cc1. The van der Waals surface area contributed by atoms with Crippen LogP contribution in [0, 0.1) is 0 Å². The summed E-state index contributed by atoms with van der Waals surface area (Å²) in [7, 11) is 1.65. The van der Waals surface area contributed by atoms with E-state index < -0.39 is 0 Å². The monoisotopic (exact) mass is 359 g/mol. The molecule has 0 saturated carbocycles. The maximum atomic E-state index is 5.15. The second-order valence-electron chi connectivity index (χ2n) is 5.70. The van der Waals surface area contributed by atoms with Crippen LogP contribution in [-0.2, 0) is 0 Å². The zero-order valence-electron chi connectivity index (χ0n) is 14.2. The van der Waals surface area contributed by atoms with Crippen molar-refractivity contribution in [2.45, 2.75) is 0 Å². The van der Waals surface area contributed by atoms with Crippen LogP contribution >= 0.6 is 11.3 Å². The Kier molecular flexibility index (Phi) is 4.62. The molecule has 0 atom stereocenters. The van der Waals surface area contributed by atoms with Gasteiger partial charge in [0.05, 0.1) is 18.2 Å². The van der Waals surface area contributed by atoms with Gasteiger partial charge in [-0.05, 0) is 40.6 Å². The summed E-state index contributed by atoms with van der Waals surface area (Å²) in [5, 5.41) is 7.49. The second kappa shape index (κ2) is 7.37. The number of nitrogens with one attached hydrogen (secondary N) is 1. The van der Waals surface area contributed by atoms with E-state index in [0.717, 1.165) is 21.3 Å². The Bertz CT molecular complexity index is 1050. The predicted molar refractivity (Wildman–Crippen MR) is 109 cm³/mol. The van der Waals surface area contributed by atoms with Crippen molar-refractivity contribution >= 4 is 33.5 Å². The number of rotatable bonds is 5. The molecule has 3 aromatic carbocycles. The van der Waals surface area contributed by atoms with E-state index in [-0.39, 0.29) is 0 Å². The quantitative estimate of drug-likeness (QED) is 0.382. The summed E-state index contributed by atoms with van der Waals surface area (Å²) < 4.78 is 5.15. The molecule has 4 nitrogen and oxygen atoms in total. The van der Waals surface area contributed by atoms with Gasteiger partial charge in [0.2, 0.25) is 5.13 Å². The molecular formula is C21H17N3OS. The summed E-state index contributed by atoms with van der Waals surface area (Å²) >= 11 is 1.59. The summed E-state index contributed by atoms with van der Waals surface area (Å²) in [5.41, 5.74) is 5.18. The number of hydrazone groups is 1. The molecule has 26 heavy (non-hydrogen) atoms. The van der Waals surface area contributed by atoms with Crippen LogP contribution in [0.1, 0.15) is 5.56 Å². The predicted octanol–water partition coefficient (Wildman–Crippen LogP) is 5.42. The summed E-state index contributed by atoms with van der Waals surface area (Å²) in [6.07, 6.45) is 3.65. The number of aromatic nitrogens is 1. The molecule has 1 aromatic heterocycles. The van der Waals surface area contributed by atoms with Gasteiger partial charge in [-0.2, -0.15) is 5.10 Å². The second-order valence-corrected chi connectivity index (χ2v) is 6.73. The molecule has 0 aliphatic heterocycles. The first-order chi connectivity index (χ1) is 12.8. The molecule has 128 valence electrons. The lowest BCUT2D eigenvalue weighted by Gasteiger charge is -2.03. The van der Waals surface area contributed by atoms with Crippen molar-refractivity contribution in [1.29, 1.82) is 0 Å². The fourth-order valence-electron chi connectivity index (χ4n) is 2.74. The standard InChI is InChI=1S/C21H17N3OS/c1-25-17-11-9-15(10-12-17)13-23-24-21-22-14-20(26-21)19-8-4-6-16-5-2-3-7-18(16)19/h2-14H,1H3,(H,22,24)/b23-13+. The van der Waals surface area contributed by atoms with Gasteiger partial charge in [-0.1, -0.05) is 53.8 Å². The Labute approximate surface area is 155 Å². The maximum Gasteiger partial charge on any atom is 0.203 e. The first kappa shape index (κ1) is 16.3. The molecule has 0 unspecified atom stereocenters. The van der Waals surface area contributed by atoms with E-state index in [1.807, 2.05) is 30.5 Å². The molecule has 0 saturated heterocycles. The van der Waals surface area contributed by atoms with Crippen LogP contribution in [0.15, 0.2) is 78.0 Å².